The first-order valence-corrected chi connectivity index (χ1v) is 8.12. The van der Waals surface area contributed by atoms with Crippen LogP contribution in [0, 0.1) is 5.41 Å². The largest absolute Gasteiger partial charge is 0.478 e. The molecule has 1 aliphatic rings. The quantitative estimate of drug-likeness (QED) is 0.811. The SMILES string of the molecule is CC1(C)CCCN(c2ccc(/C=C/C(=O)O)c(Br)c2)CC1. The molecule has 0 aromatic heterocycles. The number of rotatable bonds is 3. The van der Waals surface area contributed by atoms with Crippen LogP contribution in [0.1, 0.15) is 38.7 Å². The minimum Gasteiger partial charge on any atom is -0.478 e. The lowest BCUT2D eigenvalue weighted by Crippen LogP contribution is -2.24. The molecule has 0 saturated carbocycles. The average molecular weight is 352 g/mol. The number of carbonyl (C=O) groups is 1. The van der Waals surface area contributed by atoms with Crippen molar-refractivity contribution in [3.8, 4) is 0 Å². The van der Waals surface area contributed by atoms with Crippen molar-refractivity contribution in [2.45, 2.75) is 33.1 Å². The molecule has 0 amide bonds. The number of carboxylic acid groups (broad SMARTS) is 1. The molecular weight excluding hydrogens is 330 g/mol. The van der Waals surface area contributed by atoms with Gasteiger partial charge in [-0.2, -0.15) is 0 Å². The van der Waals surface area contributed by atoms with Crippen LogP contribution in [-0.4, -0.2) is 24.2 Å². The highest BCUT2D eigenvalue weighted by Crippen LogP contribution is 2.33. The maximum absolute atomic E-state index is 10.6. The molecule has 114 valence electrons. The molecule has 1 N–H and O–H groups in total. The van der Waals surface area contributed by atoms with Gasteiger partial charge in [0.2, 0.25) is 0 Å². The number of anilines is 1. The summed E-state index contributed by atoms with van der Waals surface area (Å²) in [5.74, 6) is -0.930. The Morgan fingerprint density at radius 1 is 1.33 bits per heavy atom. The van der Waals surface area contributed by atoms with Gasteiger partial charge in [-0.3, -0.25) is 0 Å². The molecule has 1 heterocycles. The Hall–Kier alpha value is -1.29. The smallest absolute Gasteiger partial charge is 0.328 e. The Morgan fingerprint density at radius 2 is 2.10 bits per heavy atom. The Morgan fingerprint density at radius 3 is 2.76 bits per heavy atom. The summed E-state index contributed by atoms with van der Waals surface area (Å²) in [6.07, 6.45) is 6.45. The molecular formula is C17H22BrNO2. The van der Waals surface area contributed by atoms with Gasteiger partial charge < -0.3 is 10.0 Å². The third kappa shape index (κ3) is 4.60. The fraction of sp³-hybridized carbons (Fsp3) is 0.471. The van der Waals surface area contributed by atoms with E-state index in [9.17, 15) is 4.79 Å². The molecule has 1 fully saturated rings. The number of nitrogens with zero attached hydrogens (tertiary/aromatic N) is 1. The standard InChI is InChI=1S/C17H22BrNO2/c1-17(2)8-3-10-19(11-9-17)14-6-4-13(15(18)12-14)5-7-16(20)21/h4-7,12H,3,8-11H2,1-2H3,(H,20,21)/b7-5+. The van der Waals surface area contributed by atoms with E-state index in [4.69, 9.17) is 5.11 Å². The first-order chi connectivity index (χ1) is 9.87. The highest BCUT2D eigenvalue weighted by Gasteiger charge is 2.23. The van der Waals surface area contributed by atoms with Crippen molar-refractivity contribution < 1.29 is 9.90 Å². The molecule has 0 atom stereocenters. The average Bonchev–Trinajstić information content (AvgIpc) is 2.58. The van der Waals surface area contributed by atoms with Gasteiger partial charge in [0.25, 0.3) is 0 Å². The lowest BCUT2D eigenvalue weighted by molar-refractivity contribution is -0.131. The molecule has 4 heteroatoms. The Labute approximate surface area is 134 Å². The molecule has 1 saturated heterocycles. The predicted molar refractivity (Wildman–Crippen MR) is 90.7 cm³/mol. The second-order valence-electron chi connectivity index (χ2n) is 6.38. The van der Waals surface area contributed by atoms with Gasteiger partial charge in [-0.1, -0.05) is 35.8 Å². The molecule has 1 aliphatic heterocycles. The number of halogens is 1. The van der Waals surface area contributed by atoms with Gasteiger partial charge in [0.1, 0.15) is 0 Å². The Bertz CT molecular complexity index is 552. The van der Waals surface area contributed by atoms with E-state index in [1.165, 1.54) is 24.9 Å². The third-order valence-electron chi connectivity index (χ3n) is 4.09. The van der Waals surface area contributed by atoms with Gasteiger partial charge in [0.15, 0.2) is 0 Å². The zero-order valence-electron chi connectivity index (χ0n) is 12.6. The van der Waals surface area contributed by atoms with Crippen molar-refractivity contribution in [2.75, 3.05) is 18.0 Å². The van der Waals surface area contributed by atoms with Crippen LogP contribution in [0.15, 0.2) is 28.7 Å². The molecule has 1 aromatic rings. The third-order valence-corrected chi connectivity index (χ3v) is 4.78. The van der Waals surface area contributed by atoms with Gasteiger partial charge in [-0.25, -0.2) is 4.79 Å². The van der Waals surface area contributed by atoms with E-state index in [0.29, 0.717) is 5.41 Å². The van der Waals surface area contributed by atoms with Crippen molar-refractivity contribution in [3.63, 3.8) is 0 Å². The van der Waals surface area contributed by atoms with Gasteiger partial charge in [0, 0.05) is 29.3 Å². The summed E-state index contributed by atoms with van der Waals surface area (Å²) in [6.45, 7) is 6.84. The molecule has 0 aliphatic carbocycles. The summed E-state index contributed by atoms with van der Waals surface area (Å²) in [5.41, 5.74) is 2.51. The summed E-state index contributed by atoms with van der Waals surface area (Å²) < 4.78 is 0.931. The monoisotopic (exact) mass is 351 g/mol. The lowest BCUT2D eigenvalue weighted by Gasteiger charge is -2.25. The minimum absolute atomic E-state index is 0.427. The van der Waals surface area contributed by atoms with E-state index >= 15 is 0 Å². The molecule has 0 radical (unpaired) electrons. The van der Waals surface area contributed by atoms with Gasteiger partial charge in [-0.15, -0.1) is 0 Å². The Balaban J connectivity index is 2.14. The van der Waals surface area contributed by atoms with Crippen LogP contribution in [0.2, 0.25) is 0 Å². The number of carboxylic acids is 1. The van der Waals surface area contributed by atoms with E-state index in [2.05, 4.69) is 46.8 Å². The number of hydrogen-bond acceptors (Lipinski definition) is 2. The van der Waals surface area contributed by atoms with Crippen LogP contribution in [0.5, 0.6) is 0 Å². The molecule has 3 nitrogen and oxygen atoms in total. The van der Waals surface area contributed by atoms with Crippen LogP contribution in [0.25, 0.3) is 6.08 Å². The predicted octanol–water partition coefficient (Wildman–Crippen LogP) is 4.56. The van der Waals surface area contributed by atoms with E-state index in [0.717, 1.165) is 29.2 Å². The Kier molecular flexibility index (Phi) is 5.09. The molecule has 21 heavy (non-hydrogen) atoms. The van der Waals surface area contributed by atoms with Crippen molar-refractivity contribution >= 4 is 33.7 Å². The van der Waals surface area contributed by atoms with Crippen LogP contribution in [0.3, 0.4) is 0 Å². The fourth-order valence-corrected chi connectivity index (χ4v) is 3.19. The lowest BCUT2D eigenvalue weighted by atomic mass is 9.85. The summed E-state index contributed by atoms with van der Waals surface area (Å²) in [6, 6.07) is 6.12. The van der Waals surface area contributed by atoms with E-state index in [-0.39, 0.29) is 0 Å². The van der Waals surface area contributed by atoms with Crippen LogP contribution < -0.4 is 4.90 Å². The number of aliphatic carboxylic acids is 1. The summed E-state index contributed by atoms with van der Waals surface area (Å²) >= 11 is 3.53. The molecule has 0 spiro atoms. The van der Waals surface area contributed by atoms with Gasteiger partial charge in [0.05, 0.1) is 0 Å². The molecule has 2 rings (SSSR count). The highest BCUT2D eigenvalue weighted by molar-refractivity contribution is 9.10. The second-order valence-corrected chi connectivity index (χ2v) is 7.24. The molecule has 1 aromatic carbocycles. The topological polar surface area (TPSA) is 40.5 Å². The number of benzene rings is 1. The van der Waals surface area contributed by atoms with E-state index in [1.807, 2.05) is 6.07 Å². The van der Waals surface area contributed by atoms with Crippen LogP contribution in [-0.2, 0) is 4.79 Å². The summed E-state index contributed by atoms with van der Waals surface area (Å²) in [5, 5.41) is 8.69. The van der Waals surface area contributed by atoms with Crippen LogP contribution in [0.4, 0.5) is 5.69 Å². The first-order valence-electron chi connectivity index (χ1n) is 7.33. The summed E-state index contributed by atoms with van der Waals surface area (Å²) in [7, 11) is 0. The maximum atomic E-state index is 10.6. The van der Waals surface area contributed by atoms with Gasteiger partial charge in [-0.05, 0) is 48.4 Å². The number of hydrogen-bond donors (Lipinski definition) is 1. The van der Waals surface area contributed by atoms with Crippen molar-refractivity contribution in [3.05, 3.63) is 34.3 Å². The van der Waals surface area contributed by atoms with Crippen LogP contribution >= 0.6 is 15.9 Å². The first kappa shape index (κ1) is 16.1. The normalized spacial score (nSPS) is 18.7. The van der Waals surface area contributed by atoms with Crippen molar-refractivity contribution in [2.24, 2.45) is 5.41 Å². The fourth-order valence-electron chi connectivity index (χ4n) is 2.69. The highest BCUT2D eigenvalue weighted by atomic mass is 79.9. The zero-order valence-corrected chi connectivity index (χ0v) is 14.2. The van der Waals surface area contributed by atoms with Crippen molar-refractivity contribution in [1.82, 2.24) is 0 Å². The van der Waals surface area contributed by atoms with E-state index in [1.54, 1.807) is 6.08 Å². The summed E-state index contributed by atoms with van der Waals surface area (Å²) in [4.78, 5) is 13.0. The van der Waals surface area contributed by atoms with Crippen molar-refractivity contribution in [1.29, 1.82) is 0 Å². The van der Waals surface area contributed by atoms with Gasteiger partial charge >= 0.3 is 5.97 Å². The molecule has 0 bridgehead atoms. The molecule has 0 unspecified atom stereocenters. The zero-order chi connectivity index (χ0) is 15.5. The second kappa shape index (κ2) is 6.65. The van der Waals surface area contributed by atoms with E-state index < -0.39 is 5.97 Å². The maximum Gasteiger partial charge on any atom is 0.328 e. The minimum atomic E-state index is -0.930.